The van der Waals surface area contributed by atoms with Gasteiger partial charge in [-0.05, 0) is 42.5 Å². The van der Waals surface area contributed by atoms with Crippen LogP contribution in [-0.4, -0.2) is 29.7 Å². The van der Waals surface area contributed by atoms with Gasteiger partial charge in [0.15, 0.2) is 0 Å². The minimum absolute atomic E-state index is 0.0247. The summed E-state index contributed by atoms with van der Waals surface area (Å²) in [5.41, 5.74) is -0.595. The van der Waals surface area contributed by atoms with E-state index in [-0.39, 0.29) is 22.5 Å². The third-order valence-corrected chi connectivity index (χ3v) is 3.63. The summed E-state index contributed by atoms with van der Waals surface area (Å²) in [4.78, 5) is 28.6. The standard InChI is InChI=1S/C18H11F2NO4/c1-25-18(24)14(16(22)9-2-4-10(19)5-3-9)15-17(23)12-8-11(20)6-7-13(12)21-15/h2-8,22H,1H3/b16-14+. The number of aliphatic imine (C=N–C) groups is 1. The zero-order valence-electron chi connectivity index (χ0n) is 12.9. The third kappa shape index (κ3) is 2.91. The number of halogens is 2. The minimum atomic E-state index is -0.998. The Kier molecular flexibility index (Phi) is 4.14. The van der Waals surface area contributed by atoms with E-state index in [2.05, 4.69) is 9.73 Å². The second kappa shape index (κ2) is 6.27. The molecule has 0 saturated heterocycles. The maximum Gasteiger partial charge on any atom is 0.344 e. The maximum atomic E-state index is 13.4. The van der Waals surface area contributed by atoms with Crippen LogP contribution in [0.4, 0.5) is 14.5 Å². The zero-order valence-corrected chi connectivity index (χ0v) is 12.9. The zero-order chi connectivity index (χ0) is 18.1. The lowest BCUT2D eigenvalue weighted by molar-refractivity contribution is -0.135. The fourth-order valence-corrected chi connectivity index (χ4v) is 2.42. The van der Waals surface area contributed by atoms with Crippen molar-refractivity contribution in [1.29, 1.82) is 0 Å². The Morgan fingerprint density at radius 2 is 1.72 bits per heavy atom. The van der Waals surface area contributed by atoms with E-state index in [1.165, 1.54) is 18.2 Å². The van der Waals surface area contributed by atoms with Gasteiger partial charge in [0.25, 0.3) is 0 Å². The van der Waals surface area contributed by atoms with Crippen molar-refractivity contribution < 1.29 is 28.2 Å². The van der Waals surface area contributed by atoms with E-state index in [1.807, 2.05) is 0 Å². The first kappa shape index (κ1) is 16.5. The summed E-state index contributed by atoms with van der Waals surface area (Å²) >= 11 is 0. The number of nitrogens with zero attached hydrogens (tertiary/aromatic N) is 1. The largest absolute Gasteiger partial charge is 0.506 e. The van der Waals surface area contributed by atoms with Crippen molar-refractivity contribution in [1.82, 2.24) is 0 Å². The van der Waals surface area contributed by atoms with Crippen LogP contribution in [0.1, 0.15) is 15.9 Å². The molecule has 5 nitrogen and oxygen atoms in total. The van der Waals surface area contributed by atoms with Gasteiger partial charge in [0, 0.05) is 5.56 Å². The van der Waals surface area contributed by atoms with Crippen molar-refractivity contribution in [3.8, 4) is 0 Å². The lowest BCUT2D eigenvalue weighted by Crippen LogP contribution is -2.22. The molecule has 0 aliphatic carbocycles. The predicted molar refractivity (Wildman–Crippen MR) is 85.8 cm³/mol. The highest BCUT2D eigenvalue weighted by atomic mass is 19.1. The number of carbonyl (C=O) groups is 2. The smallest absolute Gasteiger partial charge is 0.344 e. The summed E-state index contributed by atoms with van der Waals surface area (Å²) in [5, 5.41) is 10.4. The second-order valence-electron chi connectivity index (χ2n) is 5.17. The summed E-state index contributed by atoms with van der Waals surface area (Å²) < 4.78 is 31.0. The van der Waals surface area contributed by atoms with Crippen LogP contribution >= 0.6 is 0 Å². The summed E-state index contributed by atoms with van der Waals surface area (Å²) in [6, 6.07) is 8.06. The number of ether oxygens (including phenoxy) is 1. The molecule has 0 radical (unpaired) electrons. The summed E-state index contributed by atoms with van der Waals surface area (Å²) in [6.45, 7) is 0. The Hall–Kier alpha value is -3.35. The fourth-order valence-electron chi connectivity index (χ4n) is 2.42. The average Bonchev–Trinajstić information content (AvgIpc) is 2.92. The molecule has 2 aromatic rings. The molecule has 126 valence electrons. The number of carbonyl (C=O) groups excluding carboxylic acids is 2. The van der Waals surface area contributed by atoms with Gasteiger partial charge in [-0.25, -0.2) is 18.6 Å². The van der Waals surface area contributed by atoms with Gasteiger partial charge in [-0.1, -0.05) is 0 Å². The van der Waals surface area contributed by atoms with Gasteiger partial charge in [-0.15, -0.1) is 0 Å². The second-order valence-corrected chi connectivity index (χ2v) is 5.17. The van der Waals surface area contributed by atoms with Crippen molar-refractivity contribution in [2.75, 3.05) is 7.11 Å². The number of fused-ring (bicyclic) bond motifs is 1. The van der Waals surface area contributed by atoms with Crippen LogP contribution in [0.15, 0.2) is 53.0 Å². The molecule has 0 saturated carbocycles. The van der Waals surface area contributed by atoms with Crippen LogP contribution in [-0.2, 0) is 9.53 Å². The van der Waals surface area contributed by atoms with Crippen LogP contribution in [0.5, 0.6) is 0 Å². The number of benzene rings is 2. The average molecular weight is 343 g/mol. The molecule has 25 heavy (non-hydrogen) atoms. The predicted octanol–water partition coefficient (Wildman–Crippen LogP) is 3.38. The molecule has 0 bridgehead atoms. The number of aliphatic hydroxyl groups excluding tert-OH is 1. The fraction of sp³-hybridized carbons (Fsp3) is 0.0556. The summed E-state index contributed by atoms with van der Waals surface area (Å²) in [7, 11) is 1.08. The molecule has 0 amide bonds. The molecule has 2 aromatic carbocycles. The Balaban J connectivity index is 2.15. The van der Waals surface area contributed by atoms with Gasteiger partial charge in [0.05, 0.1) is 18.4 Å². The molecule has 3 rings (SSSR count). The highest BCUT2D eigenvalue weighted by Crippen LogP contribution is 2.31. The Labute approximate surface area is 140 Å². The van der Waals surface area contributed by atoms with Gasteiger partial charge >= 0.3 is 5.97 Å². The van der Waals surface area contributed by atoms with Crippen LogP contribution in [0.25, 0.3) is 5.76 Å². The van der Waals surface area contributed by atoms with Gasteiger partial charge in [0.1, 0.15) is 28.7 Å². The van der Waals surface area contributed by atoms with Crippen molar-refractivity contribution in [3.05, 3.63) is 70.8 Å². The number of rotatable bonds is 3. The van der Waals surface area contributed by atoms with Gasteiger partial charge in [-0.3, -0.25) is 4.79 Å². The Morgan fingerprint density at radius 1 is 1.08 bits per heavy atom. The highest BCUT2D eigenvalue weighted by molar-refractivity contribution is 6.59. The first-order chi connectivity index (χ1) is 11.9. The number of methoxy groups -OCH3 is 1. The van der Waals surface area contributed by atoms with Gasteiger partial charge < -0.3 is 9.84 Å². The van der Waals surface area contributed by atoms with E-state index in [4.69, 9.17) is 0 Å². The van der Waals surface area contributed by atoms with E-state index < -0.39 is 34.7 Å². The number of hydrogen-bond acceptors (Lipinski definition) is 5. The van der Waals surface area contributed by atoms with Crippen LogP contribution < -0.4 is 0 Å². The Bertz CT molecular complexity index is 946. The van der Waals surface area contributed by atoms with E-state index in [1.54, 1.807) is 0 Å². The molecule has 0 aromatic heterocycles. The third-order valence-electron chi connectivity index (χ3n) is 3.63. The molecule has 0 spiro atoms. The molecule has 0 unspecified atom stereocenters. The van der Waals surface area contributed by atoms with Crippen molar-refractivity contribution in [2.45, 2.75) is 0 Å². The topological polar surface area (TPSA) is 76.0 Å². The van der Waals surface area contributed by atoms with E-state index in [0.717, 1.165) is 31.4 Å². The van der Waals surface area contributed by atoms with Gasteiger partial charge in [-0.2, -0.15) is 0 Å². The van der Waals surface area contributed by atoms with E-state index >= 15 is 0 Å². The van der Waals surface area contributed by atoms with Crippen molar-refractivity contribution in [3.63, 3.8) is 0 Å². The maximum absolute atomic E-state index is 13.4. The number of esters is 1. The molecular formula is C18H11F2NO4. The first-order valence-electron chi connectivity index (χ1n) is 7.13. The molecule has 0 atom stereocenters. The molecule has 7 heteroatoms. The number of Topliss-reactive ketones (excluding diaryl/α,β-unsaturated/α-hetero) is 1. The SMILES string of the molecule is COC(=O)/C(C1=Nc2ccc(F)cc2C1=O)=C(/O)c1ccc(F)cc1. The van der Waals surface area contributed by atoms with Crippen molar-refractivity contribution >= 4 is 28.9 Å². The van der Waals surface area contributed by atoms with Gasteiger partial charge in [0.2, 0.25) is 5.78 Å². The van der Waals surface area contributed by atoms with E-state index in [0.29, 0.717) is 0 Å². The van der Waals surface area contributed by atoms with Crippen LogP contribution in [0.3, 0.4) is 0 Å². The number of aliphatic hydroxyl groups is 1. The molecule has 1 heterocycles. The molecule has 1 aliphatic rings. The normalized spacial score (nSPS) is 13.9. The lowest BCUT2D eigenvalue weighted by Gasteiger charge is -2.09. The minimum Gasteiger partial charge on any atom is -0.506 e. The molecule has 0 fully saturated rings. The molecular weight excluding hydrogens is 332 g/mol. The molecule has 1 N–H and O–H groups in total. The lowest BCUT2D eigenvalue weighted by atomic mass is 9.99. The monoisotopic (exact) mass is 343 g/mol. The number of ketones is 1. The summed E-state index contributed by atoms with van der Waals surface area (Å²) in [6.07, 6.45) is 0. The summed E-state index contributed by atoms with van der Waals surface area (Å²) in [5.74, 6) is -3.47. The quantitative estimate of drug-likeness (QED) is 0.527. The van der Waals surface area contributed by atoms with Crippen LogP contribution in [0.2, 0.25) is 0 Å². The Morgan fingerprint density at radius 3 is 2.36 bits per heavy atom. The van der Waals surface area contributed by atoms with Crippen LogP contribution in [0, 0.1) is 11.6 Å². The van der Waals surface area contributed by atoms with Crippen molar-refractivity contribution in [2.24, 2.45) is 4.99 Å². The highest BCUT2D eigenvalue weighted by Gasteiger charge is 2.34. The molecule has 1 aliphatic heterocycles. The van der Waals surface area contributed by atoms with E-state index in [9.17, 15) is 23.5 Å². The first-order valence-corrected chi connectivity index (χ1v) is 7.13. The number of hydrogen-bond donors (Lipinski definition) is 1.